The van der Waals surface area contributed by atoms with Gasteiger partial charge in [0.25, 0.3) is 16.4 Å². The number of benzene rings is 1. The normalized spacial score (nSPS) is 11.7. The molecule has 0 aliphatic heterocycles. The first-order chi connectivity index (χ1) is 16.3. The molecule has 11 nitrogen and oxygen atoms in total. The number of nitrogens with one attached hydrogen (secondary N) is 1. The largest absolute Gasteiger partial charge is 0.496 e. The summed E-state index contributed by atoms with van der Waals surface area (Å²) >= 11 is 0. The van der Waals surface area contributed by atoms with E-state index in [9.17, 15) is 17.2 Å². The lowest BCUT2D eigenvalue weighted by Crippen LogP contribution is -2.17. The number of hydrogen-bond acceptors (Lipinski definition) is 9. The number of methoxy groups -OCH3 is 3. The lowest BCUT2D eigenvalue weighted by atomic mass is 10.1. The van der Waals surface area contributed by atoms with Crippen molar-refractivity contribution in [1.29, 1.82) is 0 Å². The Hall–Kier alpha value is -3.94. The molecule has 4 aromatic rings. The maximum atomic E-state index is 13.2. The Bertz CT molecular complexity index is 1400. The molecule has 34 heavy (non-hydrogen) atoms. The van der Waals surface area contributed by atoms with E-state index in [0.717, 1.165) is 25.8 Å². The number of aromatic nitrogens is 4. The Balaban J connectivity index is 1.76. The fourth-order valence-corrected chi connectivity index (χ4v) is 4.59. The number of ether oxygens (including phenoxy) is 3. The van der Waals surface area contributed by atoms with Crippen molar-refractivity contribution in [3.05, 3.63) is 47.9 Å². The predicted molar refractivity (Wildman–Crippen MR) is 115 cm³/mol. The van der Waals surface area contributed by atoms with E-state index in [1.54, 1.807) is 35.3 Å². The van der Waals surface area contributed by atoms with Gasteiger partial charge in [0.05, 0.1) is 27.9 Å². The second kappa shape index (κ2) is 9.13. The van der Waals surface area contributed by atoms with Crippen molar-refractivity contribution in [3.63, 3.8) is 0 Å². The van der Waals surface area contributed by atoms with Gasteiger partial charge in [-0.1, -0.05) is 5.16 Å². The molecule has 0 bridgehead atoms. The second-order valence-electron chi connectivity index (χ2n) is 6.90. The van der Waals surface area contributed by atoms with Gasteiger partial charge in [-0.3, -0.25) is 9.40 Å². The number of halogens is 2. The molecule has 0 unspecified atom stereocenters. The van der Waals surface area contributed by atoms with Gasteiger partial charge in [0.2, 0.25) is 5.88 Å². The van der Waals surface area contributed by atoms with E-state index < -0.39 is 32.9 Å². The minimum Gasteiger partial charge on any atom is -0.496 e. The van der Waals surface area contributed by atoms with Crippen molar-refractivity contribution >= 4 is 26.8 Å². The van der Waals surface area contributed by atoms with Crippen LogP contribution < -0.4 is 18.9 Å². The maximum absolute atomic E-state index is 13.2. The Morgan fingerprint density at radius 3 is 2.50 bits per heavy atom. The fraction of sp³-hybridized carbons (Fsp3) is 0.250. The summed E-state index contributed by atoms with van der Waals surface area (Å²) < 4.78 is 77.5. The number of alkyl halides is 2. The molecule has 0 atom stereocenters. The molecule has 1 N–H and O–H groups in total. The second-order valence-corrected chi connectivity index (χ2v) is 8.52. The molecule has 0 fully saturated rings. The first kappa shape index (κ1) is 23.2. The van der Waals surface area contributed by atoms with Gasteiger partial charge in [0.15, 0.2) is 16.3 Å². The van der Waals surface area contributed by atoms with Crippen LogP contribution >= 0.6 is 0 Å². The van der Waals surface area contributed by atoms with Crippen molar-refractivity contribution in [1.82, 2.24) is 19.9 Å². The van der Waals surface area contributed by atoms with E-state index in [-0.39, 0.29) is 22.5 Å². The molecular formula is C20H19F2N5O6S. The molecule has 0 amide bonds. The number of nitrogens with zero attached hydrogens (tertiary/aromatic N) is 4. The topological polar surface area (TPSA) is 131 Å². The van der Waals surface area contributed by atoms with Gasteiger partial charge < -0.3 is 18.7 Å². The highest BCUT2D eigenvalue weighted by atomic mass is 32.2. The predicted octanol–water partition coefficient (Wildman–Crippen LogP) is 3.23. The van der Waals surface area contributed by atoms with Crippen LogP contribution in [-0.2, 0) is 16.6 Å². The minimum absolute atomic E-state index is 0.181. The molecule has 14 heteroatoms. The van der Waals surface area contributed by atoms with E-state index >= 15 is 0 Å². The summed E-state index contributed by atoms with van der Waals surface area (Å²) in [4.78, 5) is 3.01. The Kier molecular flexibility index (Phi) is 6.24. The third-order valence-corrected chi connectivity index (χ3v) is 6.16. The number of pyridine rings is 1. The summed E-state index contributed by atoms with van der Waals surface area (Å²) in [5.74, 6) is -0.831. The van der Waals surface area contributed by atoms with Crippen LogP contribution in [0.15, 0.2) is 46.1 Å². The number of anilines is 1. The number of rotatable bonds is 9. The van der Waals surface area contributed by atoms with Crippen LogP contribution in [0, 0.1) is 0 Å². The highest BCUT2D eigenvalue weighted by molar-refractivity contribution is 7.93. The molecule has 180 valence electrons. The van der Waals surface area contributed by atoms with E-state index in [4.69, 9.17) is 18.7 Å². The first-order valence-electron chi connectivity index (χ1n) is 9.65. The van der Waals surface area contributed by atoms with Crippen LogP contribution in [0.1, 0.15) is 17.7 Å². The van der Waals surface area contributed by atoms with Gasteiger partial charge in [0, 0.05) is 18.5 Å². The fourth-order valence-electron chi connectivity index (χ4n) is 3.33. The smallest absolute Gasteiger partial charge is 0.280 e. The van der Waals surface area contributed by atoms with Crippen molar-refractivity contribution in [2.75, 3.05) is 26.1 Å². The zero-order valence-electron chi connectivity index (χ0n) is 18.2. The molecule has 1 aromatic carbocycles. The number of sulfonamides is 1. The van der Waals surface area contributed by atoms with Crippen LogP contribution in [0.25, 0.3) is 11.0 Å². The van der Waals surface area contributed by atoms with Crippen molar-refractivity contribution in [2.24, 2.45) is 0 Å². The molecule has 0 radical (unpaired) electrons. The summed E-state index contributed by atoms with van der Waals surface area (Å²) in [6.45, 7) is 0.414. The lowest BCUT2D eigenvalue weighted by molar-refractivity contribution is 0.144. The number of fused-ring (bicyclic) bond motifs is 1. The molecule has 0 saturated heterocycles. The minimum atomic E-state index is -4.48. The highest BCUT2D eigenvalue weighted by Gasteiger charge is 2.31. The monoisotopic (exact) mass is 495 g/mol. The van der Waals surface area contributed by atoms with Gasteiger partial charge in [0.1, 0.15) is 22.6 Å². The third-order valence-electron chi connectivity index (χ3n) is 4.79. The molecular weight excluding hydrogens is 476 g/mol. The summed E-state index contributed by atoms with van der Waals surface area (Å²) in [6, 6.07) is 5.97. The van der Waals surface area contributed by atoms with Gasteiger partial charge in [-0.25, -0.2) is 22.2 Å². The molecule has 0 aliphatic rings. The number of hydrogen-bond donors (Lipinski definition) is 1. The van der Waals surface area contributed by atoms with Crippen molar-refractivity contribution in [2.45, 2.75) is 17.9 Å². The van der Waals surface area contributed by atoms with Crippen LogP contribution in [-0.4, -0.2) is 49.7 Å². The van der Waals surface area contributed by atoms with Gasteiger partial charge in [-0.15, -0.1) is 0 Å². The maximum Gasteiger partial charge on any atom is 0.280 e. The lowest BCUT2D eigenvalue weighted by Gasteiger charge is -2.15. The van der Waals surface area contributed by atoms with Crippen molar-refractivity contribution < 1.29 is 35.9 Å². The zero-order chi connectivity index (χ0) is 24.5. The average Bonchev–Trinajstić information content (AvgIpc) is 3.47. The molecule has 4 rings (SSSR count). The Labute approximate surface area is 192 Å². The Morgan fingerprint density at radius 1 is 1.12 bits per heavy atom. The standard InChI is InChI=1S/C20H19F2N5O6S/c1-30-13-7-11(10-27-6-4-5-23-27)8-14-16(13)19(25-33-14)26-34(28,29)17-15(31-2)9-12(18(21)22)24-20(17)32-3/h4-9,18H,10H2,1-3H3,(H,25,26). The zero-order valence-corrected chi connectivity index (χ0v) is 19.0. The quantitative estimate of drug-likeness (QED) is 0.372. The van der Waals surface area contributed by atoms with Crippen LogP contribution in [0.3, 0.4) is 0 Å². The molecule has 0 saturated carbocycles. The molecule has 3 heterocycles. The summed E-state index contributed by atoms with van der Waals surface area (Å²) in [6.07, 6.45) is 0.458. The molecule has 3 aromatic heterocycles. The first-order valence-corrected chi connectivity index (χ1v) is 11.1. The van der Waals surface area contributed by atoms with Gasteiger partial charge in [-0.05, 0) is 23.8 Å². The van der Waals surface area contributed by atoms with Crippen LogP contribution in [0.2, 0.25) is 0 Å². The SMILES string of the molecule is COc1cc(C(F)F)nc(OC)c1S(=O)(=O)Nc1noc2cc(Cn3cccn3)cc(OC)c12. The Morgan fingerprint density at radius 2 is 1.88 bits per heavy atom. The highest BCUT2D eigenvalue weighted by Crippen LogP contribution is 2.39. The summed E-state index contributed by atoms with van der Waals surface area (Å²) in [7, 11) is -0.824. The van der Waals surface area contributed by atoms with Crippen LogP contribution in [0.5, 0.6) is 17.4 Å². The summed E-state index contributed by atoms with van der Waals surface area (Å²) in [5, 5.41) is 8.22. The van der Waals surface area contributed by atoms with Crippen LogP contribution in [0.4, 0.5) is 14.6 Å². The average molecular weight is 495 g/mol. The van der Waals surface area contributed by atoms with Crippen molar-refractivity contribution in [3.8, 4) is 17.4 Å². The van der Waals surface area contributed by atoms with Gasteiger partial charge in [-0.2, -0.15) is 5.10 Å². The van der Waals surface area contributed by atoms with E-state index in [1.165, 1.54) is 7.11 Å². The summed E-state index contributed by atoms with van der Waals surface area (Å²) in [5.41, 5.74) is 0.323. The van der Waals surface area contributed by atoms with Gasteiger partial charge >= 0.3 is 0 Å². The van der Waals surface area contributed by atoms with E-state index in [2.05, 4.69) is 20.0 Å². The van der Waals surface area contributed by atoms with E-state index in [0.29, 0.717) is 12.3 Å². The van der Waals surface area contributed by atoms with E-state index in [1.807, 2.05) is 0 Å². The third kappa shape index (κ3) is 4.31. The molecule has 0 spiro atoms. The molecule has 0 aliphatic carbocycles.